The number of H-pyrrole nitrogens is 1. The monoisotopic (exact) mass is 497 g/mol. The lowest BCUT2D eigenvalue weighted by Crippen LogP contribution is -2.42. The maximum Gasteiger partial charge on any atom is 0.340 e. The summed E-state index contributed by atoms with van der Waals surface area (Å²) in [4.78, 5) is 43.1. The zero-order valence-corrected chi connectivity index (χ0v) is 22.3. The number of carbonyl (C=O) groups excluding carboxylic acids is 3. The van der Waals surface area contributed by atoms with Gasteiger partial charge >= 0.3 is 5.97 Å². The Kier molecular flexibility index (Phi) is 9.18. The van der Waals surface area contributed by atoms with Crippen molar-refractivity contribution < 1.29 is 23.9 Å². The number of benzene rings is 1. The van der Waals surface area contributed by atoms with Gasteiger partial charge in [0.05, 0.1) is 18.3 Å². The summed E-state index contributed by atoms with van der Waals surface area (Å²) in [6.07, 6.45) is 1.63. The molecule has 36 heavy (non-hydrogen) atoms. The lowest BCUT2D eigenvalue weighted by Gasteiger charge is -2.34. The van der Waals surface area contributed by atoms with E-state index >= 15 is 0 Å². The van der Waals surface area contributed by atoms with Gasteiger partial charge in [-0.3, -0.25) is 9.59 Å². The number of carbonyl (C=O) groups is 3. The van der Waals surface area contributed by atoms with Crippen LogP contribution in [-0.4, -0.2) is 53.5 Å². The number of aryl methyl sites for hydroxylation is 1. The van der Waals surface area contributed by atoms with Gasteiger partial charge in [-0.25, -0.2) is 4.79 Å². The van der Waals surface area contributed by atoms with E-state index in [0.717, 1.165) is 24.2 Å². The molecule has 2 amide bonds. The number of piperidine rings is 1. The van der Waals surface area contributed by atoms with Gasteiger partial charge in [0, 0.05) is 31.2 Å². The number of aromatic amines is 1. The molecule has 1 aliphatic rings. The fourth-order valence-electron chi connectivity index (χ4n) is 4.76. The summed E-state index contributed by atoms with van der Waals surface area (Å²) >= 11 is 0. The number of rotatable bonds is 9. The minimum absolute atomic E-state index is 0.0252. The second-order valence-corrected chi connectivity index (χ2v) is 9.79. The molecule has 2 heterocycles. The van der Waals surface area contributed by atoms with Crippen LogP contribution in [0.25, 0.3) is 0 Å². The fraction of sp³-hybridized carbons (Fsp3) is 0.536. The molecule has 0 radical (unpaired) electrons. The van der Waals surface area contributed by atoms with Crippen LogP contribution in [0.4, 0.5) is 0 Å². The van der Waals surface area contributed by atoms with Crippen LogP contribution in [0.3, 0.4) is 0 Å². The number of nitrogens with one attached hydrogen (secondary N) is 2. The van der Waals surface area contributed by atoms with E-state index in [2.05, 4.69) is 10.3 Å². The smallest absolute Gasteiger partial charge is 0.340 e. The summed E-state index contributed by atoms with van der Waals surface area (Å²) in [7, 11) is 0. The number of nitrogens with zero attached hydrogens (tertiary/aromatic N) is 1. The molecule has 1 saturated heterocycles. The van der Waals surface area contributed by atoms with Crippen molar-refractivity contribution in [1.82, 2.24) is 15.2 Å². The number of hydrogen-bond acceptors (Lipinski definition) is 5. The minimum atomic E-state index is -0.416. The molecular weight excluding hydrogens is 458 g/mol. The van der Waals surface area contributed by atoms with Crippen LogP contribution < -0.4 is 10.1 Å². The third kappa shape index (κ3) is 6.47. The number of hydrogen-bond donors (Lipinski definition) is 2. The second-order valence-electron chi connectivity index (χ2n) is 9.79. The van der Waals surface area contributed by atoms with Gasteiger partial charge in [0.15, 0.2) is 0 Å². The molecule has 8 nitrogen and oxygen atoms in total. The van der Waals surface area contributed by atoms with E-state index in [9.17, 15) is 14.4 Å². The third-order valence-corrected chi connectivity index (χ3v) is 6.84. The Bertz CT molecular complexity index is 1070. The van der Waals surface area contributed by atoms with Crippen molar-refractivity contribution in [3.8, 4) is 5.75 Å². The standard InChI is InChI=1S/C28H39N3O5/c1-7-35-28(34)24-19(5)25(30-20(24)6)27(33)31-14-12-22(13-15-31)18(4)26(32)29-16-21-8-10-23(11-9-21)36-17(2)3/h8-11,17-18,22,30H,7,12-16H2,1-6H3,(H,29,32)/t18-/m0/s1. The van der Waals surface area contributed by atoms with E-state index in [0.29, 0.717) is 42.1 Å². The van der Waals surface area contributed by atoms with Crippen LogP contribution in [0.2, 0.25) is 0 Å². The Balaban J connectivity index is 1.51. The van der Waals surface area contributed by atoms with Crippen molar-refractivity contribution in [2.75, 3.05) is 19.7 Å². The van der Waals surface area contributed by atoms with Crippen molar-refractivity contribution in [3.05, 3.63) is 52.3 Å². The topological polar surface area (TPSA) is 101 Å². The Labute approximate surface area is 213 Å². The van der Waals surface area contributed by atoms with Crippen molar-refractivity contribution in [2.24, 2.45) is 11.8 Å². The fourth-order valence-corrected chi connectivity index (χ4v) is 4.76. The van der Waals surface area contributed by atoms with Gasteiger partial charge < -0.3 is 24.7 Å². The second kappa shape index (κ2) is 12.1. The Morgan fingerprint density at radius 1 is 1.08 bits per heavy atom. The summed E-state index contributed by atoms with van der Waals surface area (Å²) in [6, 6.07) is 7.76. The number of amides is 2. The first kappa shape index (κ1) is 27.3. The van der Waals surface area contributed by atoms with Gasteiger partial charge in [0.2, 0.25) is 5.91 Å². The zero-order chi connectivity index (χ0) is 26.4. The SMILES string of the molecule is CCOC(=O)c1c(C)[nH]c(C(=O)N2CCC([C@H](C)C(=O)NCc3ccc(OC(C)C)cc3)CC2)c1C. The van der Waals surface area contributed by atoms with Crippen LogP contribution >= 0.6 is 0 Å². The molecule has 0 saturated carbocycles. The molecule has 0 aliphatic carbocycles. The molecule has 1 aromatic heterocycles. The molecule has 2 N–H and O–H groups in total. The average molecular weight is 498 g/mol. The molecule has 1 aromatic carbocycles. The van der Waals surface area contributed by atoms with Gasteiger partial charge in [0.25, 0.3) is 5.91 Å². The number of esters is 1. The number of likely N-dealkylation sites (tertiary alicyclic amines) is 1. The van der Waals surface area contributed by atoms with Crippen LogP contribution in [0.15, 0.2) is 24.3 Å². The zero-order valence-electron chi connectivity index (χ0n) is 22.3. The number of aromatic nitrogens is 1. The molecule has 196 valence electrons. The normalized spacial score (nSPS) is 15.0. The van der Waals surface area contributed by atoms with Gasteiger partial charge in [-0.1, -0.05) is 19.1 Å². The summed E-state index contributed by atoms with van der Waals surface area (Å²) in [5, 5.41) is 3.04. The molecular formula is C28H39N3O5. The molecule has 2 aromatic rings. The maximum absolute atomic E-state index is 13.2. The van der Waals surface area contributed by atoms with Crippen LogP contribution in [0.5, 0.6) is 5.75 Å². The number of ether oxygens (including phenoxy) is 2. The highest BCUT2D eigenvalue weighted by Crippen LogP contribution is 2.28. The molecule has 1 aliphatic heterocycles. The first-order valence-electron chi connectivity index (χ1n) is 12.8. The van der Waals surface area contributed by atoms with Gasteiger partial charge in [0.1, 0.15) is 11.4 Å². The third-order valence-electron chi connectivity index (χ3n) is 6.84. The average Bonchev–Trinajstić information content (AvgIpc) is 3.16. The molecule has 1 fully saturated rings. The van der Waals surface area contributed by atoms with Gasteiger partial charge in [-0.05, 0) is 76.6 Å². The molecule has 0 bridgehead atoms. The predicted octanol–water partition coefficient (Wildman–Crippen LogP) is 4.40. The molecule has 0 unspecified atom stereocenters. The van der Waals surface area contributed by atoms with Crippen molar-refractivity contribution >= 4 is 17.8 Å². The Morgan fingerprint density at radius 3 is 2.31 bits per heavy atom. The van der Waals surface area contributed by atoms with Crippen LogP contribution in [-0.2, 0) is 16.1 Å². The summed E-state index contributed by atoms with van der Waals surface area (Å²) in [6.45, 7) is 13.1. The van der Waals surface area contributed by atoms with E-state index in [1.165, 1.54) is 0 Å². The first-order chi connectivity index (χ1) is 17.1. The highest BCUT2D eigenvalue weighted by Gasteiger charge is 2.32. The van der Waals surface area contributed by atoms with E-state index in [-0.39, 0.29) is 36.4 Å². The van der Waals surface area contributed by atoms with E-state index in [4.69, 9.17) is 9.47 Å². The quantitative estimate of drug-likeness (QED) is 0.500. The van der Waals surface area contributed by atoms with E-state index in [1.54, 1.807) is 25.7 Å². The molecule has 1 atom stereocenters. The van der Waals surface area contributed by atoms with Crippen molar-refractivity contribution in [1.29, 1.82) is 0 Å². The largest absolute Gasteiger partial charge is 0.491 e. The highest BCUT2D eigenvalue weighted by atomic mass is 16.5. The van der Waals surface area contributed by atoms with Crippen molar-refractivity contribution in [2.45, 2.75) is 67.0 Å². The summed E-state index contributed by atoms with van der Waals surface area (Å²) in [5.74, 6) is 0.370. The highest BCUT2D eigenvalue weighted by molar-refractivity contribution is 6.00. The first-order valence-corrected chi connectivity index (χ1v) is 12.8. The van der Waals surface area contributed by atoms with Crippen LogP contribution in [0.1, 0.15) is 78.2 Å². The Hall–Kier alpha value is -3.29. The minimum Gasteiger partial charge on any atom is -0.491 e. The molecule has 0 spiro atoms. The summed E-state index contributed by atoms with van der Waals surface area (Å²) in [5.41, 5.74) is 3.14. The maximum atomic E-state index is 13.2. The molecule has 8 heteroatoms. The lowest BCUT2D eigenvalue weighted by molar-refractivity contribution is -0.126. The molecule has 3 rings (SSSR count). The predicted molar refractivity (Wildman–Crippen MR) is 138 cm³/mol. The van der Waals surface area contributed by atoms with Gasteiger partial charge in [-0.2, -0.15) is 0 Å². The lowest BCUT2D eigenvalue weighted by atomic mass is 9.84. The van der Waals surface area contributed by atoms with E-state index < -0.39 is 5.97 Å². The summed E-state index contributed by atoms with van der Waals surface area (Å²) < 4.78 is 10.8. The van der Waals surface area contributed by atoms with E-state index in [1.807, 2.05) is 45.0 Å². The van der Waals surface area contributed by atoms with Crippen LogP contribution in [0, 0.1) is 25.7 Å². The van der Waals surface area contributed by atoms with Crippen molar-refractivity contribution in [3.63, 3.8) is 0 Å². The van der Waals surface area contributed by atoms with Gasteiger partial charge in [-0.15, -0.1) is 0 Å². The Morgan fingerprint density at radius 2 is 1.72 bits per heavy atom.